The average Bonchev–Trinajstić information content (AvgIpc) is 3.42. The summed E-state index contributed by atoms with van der Waals surface area (Å²) in [6, 6.07) is 18.0. The van der Waals surface area contributed by atoms with Gasteiger partial charge < -0.3 is 14.8 Å². The van der Waals surface area contributed by atoms with Crippen LogP contribution in [0.2, 0.25) is 0 Å². The number of anilines is 1. The summed E-state index contributed by atoms with van der Waals surface area (Å²) in [5, 5.41) is 4.44. The lowest BCUT2D eigenvalue weighted by molar-refractivity contribution is -0.142. The molecule has 0 spiro atoms. The van der Waals surface area contributed by atoms with Crippen LogP contribution in [-0.2, 0) is 19.1 Å². The number of Topliss-reactive ketones (excluding diaryl/α,β-unsaturated/α-hetero) is 2. The van der Waals surface area contributed by atoms with E-state index in [0.29, 0.717) is 16.1 Å². The molecule has 0 saturated carbocycles. The van der Waals surface area contributed by atoms with Gasteiger partial charge in [-0.15, -0.1) is 11.3 Å². The lowest BCUT2D eigenvalue weighted by atomic mass is 10.1. The summed E-state index contributed by atoms with van der Waals surface area (Å²) >= 11 is 1.28. The second kappa shape index (κ2) is 13.0. The number of nitrogens with one attached hydrogen (secondary N) is 1. The number of benzene rings is 2. The number of ether oxygens (including phenoxy) is 2. The van der Waals surface area contributed by atoms with Crippen molar-refractivity contribution in [3.63, 3.8) is 0 Å². The summed E-state index contributed by atoms with van der Waals surface area (Å²) in [7, 11) is 0. The van der Waals surface area contributed by atoms with Crippen molar-refractivity contribution in [1.82, 2.24) is 0 Å². The van der Waals surface area contributed by atoms with E-state index in [2.05, 4.69) is 5.32 Å². The van der Waals surface area contributed by atoms with E-state index < -0.39 is 11.9 Å². The van der Waals surface area contributed by atoms with E-state index in [-0.39, 0.29) is 55.5 Å². The van der Waals surface area contributed by atoms with Crippen LogP contribution >= 0.6 is 11.3 Å². The molecule has 0 bridgehead atoms. The molecule has 0 aliphatic heterocycles. The topological polar surface area (TPSA) is 116 Å². The molecule has 3 aromatic rings. The molecule has 0 aliphatic rings. The highest BCUT2D eigenvalue weighted by atomic mass is 32.1. The Balaban J connectivity index is 1.34. The number of carbonyl (C=O) groups is 5. The van der Waals surface area contributed by atoms with Crippen molar-refractivity contribution in [3.05, 3.63) is 88.1 Å². The lowest BCUT2D eigenvalue weighted by Gasteiger charge is -2.07. The fourth-order valence-electron chi connectivity index (χ4n) is 2.95. The van der Waals surface area contributed by atoms with E-state index in [1.54, 1.807) is 47.8 Å². The zero-order valence-electron chi connectivity index (χ0n) is 18.7. The fraction of sp³-hybridized carbons (Fsp3) is 0.192. The summed E-state index contributed by atoms with van der Waals surface area (Å²) in [4.78, 5) is 60.4. The van der Waals surface area contributed by atoms with Crippen LogP contribution in [0.4, 0.5) is 5.69 Å². The predicted molar refractivity (Wildman–Crippen MR) is 130 cm³/mol. The molecular weight excluding hydrogens is 470 g/mol. The molecule has 0 unspecified atom stereocenters. The molecule has 8 nitrogen and oxygen atoms in total. The minimum atomic E-state index is -0.650. The van der Waals surface area contributed by atoms with Crippen molar-refractivity contribution in [1.29, 1.82) is 0 Å². The second-order valence-electron chi connectivity index (χ2n) is 7.41. The Bertz CT molecular complexity index is 1170. The van der Waals surface area contributed by atoms with Gasteiger partial charge in [0.1, 0.15) is 0 Å². The summed E-state index contributed by atoms with van der Waals surface area (Å²) in [5.74, 6) is -2.07. The third-order valence-electron chi connectivity index (χ3n) is 4.78. The summed E-state index contributed by atoms with van der Waals surface area (Å²) < 4.78 is 10.0. The van der Waals surface area contributed by atoms with E-state index in [4.69, 9.17) is 9.47 Å². The standard InChI is InChI=1S/C26H23NO7S/c28-21(18-6-2-1-3-7-18)16-34-26(32)19-11-13-20(14-12-19)27-24(30)9-4-10-25(31)33-17-22(29)23-8-5-15-35-23/h1-3,5-8,11-15H,4,9-10,16-17H2,(H,27,30). The maximum atomic E-state index is 12.2. The van der Waals surface area contributed by atoms with Crippen molar-refractivity contribution in [2.75, 3.05) is 18.5 Å². The van der Waals surface area contributed by atoms with Gasteiger partial charge >= 0.3 is 11.9 Å². The summed E-state index contributed by atoms with van der Waals surface area (Å²) in [6.45, 7) is -0.688. The van der Waals surface area contributed by atoms with Gasteiger partial charge in [0.2, 0.25) is 11.7 Å². The quantitative estimate of drug-likeness (QED) is 0.295. The first-order valence-electron chi connectivity index (χ1n) is 10.8. The maximum absolute atomic E-state index is 12.2. The van der Waals surface area contributed by atoms with Crippen molar-refractivity contribution in [3.8, 4) is 0 Å². The zero-order valence-corrected chi connectivity index (χ0v) is 19.5. The Kier molecular flexibility index (Phi) is 9.44. The smallest absolute Gasteiger partial charge is 0.338 e. The van der Waals surface area contributed by atoms with E-state index in [0.717, 1.165) is 0 Å². The third-order valence-corrected chi connectivity index (χ3v) is 5.69. The number of thiophene rings is 1. The molecule has 1 heterocycles. The van der Waals surface area contributed by atoms with Gasteiger partial charge in [0.25, 0.3) is 0 Å². The molecule has 9 heteroatoms. The molecule has 1 aromatic heterocycles. The van der Waals surface area contributed by atoms with Gasteiger partial charge in [0.15, 0.2) is 19.0 Å². The van der Waals surface area contributed by atoms with Gasteiger partial charge in [-0.25, -0.2) is 4.79 Å². The van der Waals surface area contributed by atoms with Crippen LogP contribution in [0.15, 0.2) is 72.1 Å². The molecular formula is C26H23NO7S. The highest BCUT2D eigenvalue weighted by molar-refractivity contribution is 7.12. The molecule has 1 N–H and O–H groups in total. The van der Waals surface area contributed by atoms with Crippen molar-refractivity contribution < 1.29 is 33.4 Å². The predicted octanol–water partition coefficient (Wildman–Crippen LogP) is 4.32. The zero-order chi connectivity index (χ0) is 25.0. The molecule has 1 amide bonds. The highest BCUT2D eigenvalue weighted by Gasteiger charge is 2.13. The van der Waals surface area contributed by atoms with E-state index in [1.807, 2.05) is 0 Å². The SMILES string of the molecule is O=C(CCCC(=O)OCC(=O)c1cccs1)Nc1ccc(C(=O)OCC(=O)c2ccccc2)cc1. The minimum Gasteiger partial charge on any atom is -0.457 e. The van der Waals surface area contributed by atoms with Gasteiger partial charge in [-0.2, -0.15) is 0 Å². The number of esters is 2. The van der Waals surface area contributed by atoms with Gasteiger partial charge in [0, 0.05) is 24.1 Å². The van der Waals surface area contributed by atoms with Crippen LogP contribution in [-0.4, -0.2) is 42.6 Å². The number of rotatable bonds is 12. The Morgan fingerprint density at radius 1 is 0.714 bits per heavy atom. The molecule has 0 saturated heterocycles. The van der Waals surface area contributed by atoms with Crippen LogP contribution in [0.1, 0.15) is 49.7 Å². The fourth-order valence-corrected chi connectivity index (χ4v) is 3.61. The second-order valence-corrected chi connectivity index (χ2v) is 8.35. The van der Waals surface area contributed by atoms with Gasteiger partial charge in [-0.05, 0) is 42.1 Å². The van der Waals surface area contributed by atoms with Crippen LogP contribution in [0.25, 0.3) is 0 Å². The molecule has 180 valence electrons. The Labute approximate surface area is 205 Å². The average molecular weight is 494 g/mol. The van der Waals surface area contributed by atoms with Crippen LogP contribution in [0.5, 0.6) is 0 Å². The first-order chi connectivity index (χ1) is 16.9. The van der Waals surface area contributed by atoms with Gasteiger partial charge in [0.05, 0.1) is 10.4 Å². The number of ketones is 2. The van der Waals surface area contributed by atoms with E-state index >= 15 is 0 Å². The Morgan fingerprint density at radius 3 is 2.11 bits per heavy atom. The molecule has 0 radical (unpaired) electrons. The van der Waals surface area contributed by atoms with E-state index in [1.165, 1.54) is 35.6 Å². The summed E-state index contributed by atoms with van der Waals surface area (Å²) in [5.41, 5.74) is 1.17. The largest absolute Gasteiger partial charge is 0.457 e. The summed E-state index contributed by atoms with van der Waals surface area (Å²) in [6.07, 6.45) is 0.356. The molecule has 2 aromatic carbocycles. The molecule has 0 aliphatic carbocycles. The van der Waals surface area contributed by atoms with Gasteiger partial charge in [-0.3, -0.25) is 19.2 Å². The van der Waals surface area contributed by atoms with Crippen molar-refractivity contribution in [2.45, 2.75) is 19.3 Å². The third kappa shape index (κ3) is 8.31. The number of carbonyl (C=O) groups excluding carboxylic acids is 5. The van der Waals surface area contributed by atoms with Crippen LogP contribution in [0.3, 0.4) is 0 Å². The molecule has 0 atom stereocenters. The Hall–Kier alpha value is -4.11. The minimum absolute atomic E-state index is 0.0115. The highest BCUT2D eigenvalue weighted by Crippen LogP contribution is 2.13. The van der Waals surface area contributed by atoms with Crippen LogP contribution < -0.4 is 5.32 Å². The lowest BCUT2D eigenvalue weighted by Crippen LogP contribution is -2.15. The Morgan fingerprint density at radius 2 is 1.43 bits per heavy atom. The first-order valence-corrected chi connectivity index (χ1v) is 11.7. The molecule has 0 fully saturated rings. The number of hydrogen-bond donors (Lipinski definition) is 1. The molecule has 35 heavy (non-hydrogen) atoms. The van der Waals surface area contributed by atoms with Gasteiger partial charge in [-0.1, -0.05) is 36.4 Å². The van der Waals surface area contributed by atoms with Crippen LogP contribution in [0, 0.1) is 0 Å². The molecule has 3 rings (SSSR count). The monoisotopic (exact) mass is 493 g/mol. The first kappa shape index (κ1) is 25.5. The van der Waals surface area contributed by atoms with Crippen molar-refractivity contribution >= 4 is 46.4 Å². The maximum Gasteiger partial charge on any atom is 0.338 e. The number of amides is 1. The number of hydrogen-bond acceptors (Lipinski definition) is 8. The normalized spacial score (nSPS) is 10.3. The van der Waals surface area contributed by atoms with E-state index in [9.17, 15) is 24.0 Å². The van der Waals surface area contributed by atoms with Crippen molar-refractivity contribution in [2.24, 2.45) is 0 Å².